The first-order valence-electron chi connectivity index (χ1n) is 7.79. The molecule has 0 fully saturated rings. The van der Waals surface area contributed by atoms with Gasteiger partial charge in [0.2, 0.25) is 0 Å². The van der Waals surface area contributed by atoms with Crippen molar-refractivity contribution in [2.45, 2.75) is 18.8 Å². The number of hydrogen-bond donors (Lipinski definition) is 2. The molecule has 0 bridgehead atoms. The number of H-pyrrole nitrogens is 1. The number of terminal acetylenes is 1. The summed E-state index contributed by atoms with van der Waals surface area (Å²) in [7, 11) is 0. The van der Waals surface area contributed by atoms with Gasteiger partial charge in [0, 0.05) is 29.3 Å². The molecule has 1 aliphatic carbocycles. The van der Waals surface area contributed by atoms with Crippen LogP contribution in [0.3, 0.4) is 0 Å². The minimum atomic E-state index is -2.84. The van der Waals surface area contributed by atoms with E-state index in [2.05, 4.69) is 21.2 Å². The van der Waals surface area contributed by atoms with Crippen molar-refractivity contribution >= 4 is 11.8 Å². The number of aromatic nitrogens is 1. The molecule has 1 aliphatic heterocycles. The third-order valence-electron chi connectivity index (χ3n) is 4.18. The number of aromatic amines is 1. The highest BCUT2D eigenvalue weighted by Crippen LogP contribution is 2.47. The molecule has 0 amide bonds. The summed E-state index contributed by atoms with van der Waals surface area (Å²) in [5.41, 5.74) is -3.97. The number of nitrogens with zero attached hydrogens (tertiary/aromatic N) is 1. The Morgan fingerprint density at radius 2 is 2.19 bits per heavy atom. The van der Waals surface area contributed by atoms with E-state index in [4.69, 9.17) is 6.42 Å². The minimum Gasteiger partial charge on any atom is -0.372 e. The molecule has 1 aromatic heterocycles. The summed E-state index contributed by atoms with van der Waals surface area (Å²) in [6, 6.07) is 3.15. The first kappa shape index (κ1) is 17.8. The molecule has 0 saturated carbocycles. The van der Waals surface area contributed by atoms with Gasteiger partial charge in [-0.25, -0.2) is 17.6 Å². The number of alkyl halides is 2. The van der Waals surface area contributed by atoms with Crippen molar-refractivity contribution in [3.8, 4) is 12.3 Å². The molecule has 2 atom stereocenters. The highest BCUT2D eigenvalue weighted by atomic mass is 19.2. The van der Waals surface area contributed by atoms with E-state index in [0.717, 1.165) is 6.92 Å². The van der Waals surface area contributed by atoms with Gasteiger partial charge in [-0.2, -0.15) is 0 Å². The van der Waals surface area contributed by atoms with Crippen LogP contribution < -0.4 is 5.32 Å². The maximum absolute atomic E-state index is 15.1. The first-order valence-corrected chi connectivity index (χ1v) is 7.79. The Labute approximate surface area is 147 Å². The molecule has 26 heavy (non-hydrogen) atoms. The van der Waals surface area contributed by atoms with Crippen molar-refractivity contribution < 1.29 is 17.6 Å². The predicted molar refractivity (Wildman–Crippen MR) is 92.9 cm³/mol. The van der Waals surface area contributed by atoms with Gasteiger partial charge in [-0.3, -0.25) is 4.99 Å². The average molecular weight is 361 g/mol. The molecule has 2 N–H and O–H groups in total. The van der Waals surface area contributed by atoms with Crippen LogP contribution in [0.25, 0.3) is 5.57 Å². The second kappa shape index (κ2) is 6.71. The van der Waals surface area contributed by atoms with E-state index in [0.29, 0.717) is 5.69 Å². The van der Waals surface area contributed by atoms with Crippen molar-refractivity contribution in [1.82, 2.24) is 10.3 Å². The quantitative estimate of drug-likeness (QED) is 0.616. The van der Waals surface area contributed by atoms with E-state index in [1.54, 1.807) is 18.2 Å². The summed E-state index contributed by atoms with van der Waals surface area (Å²) in [5.74, 6) is -0.874. The van der Waals surface area contributed by atoms with Crippen molar-refractivity contribution in [2.75, 3.05) is 6.54 Å². The predicted octanol–water partition coefficient (Wildman–Crippen LogP) is 4.07. The number of nitrogens with one attached hydrogen (secondary N) is 2. The molecular weight excluding hydrogens is 346 g/mol. The van der Waals surface area contributed by atoms with Crippen LogP contribution in [-0.2, 0) is 0 Å². The lowest BCUT2D eigenvalue weighted by molar-refractivity contribution is 0.110. The fraction of sp³-hybridized carbons (Fsp3) is 0.211. The van der Waals surface area contributed by atoms with Gasteiger partial charge in [0.1, 0.15) is 0 Å². The fourth-order valence-electron chi connectivity index (χ4n) is 2.93. The van der Waals surface area contributed by atoms with E-state index in [-0.39, 0.29) is 17.8 Å². The molecule has 134 valence electrons. The third kappa shape index (κ3) is 2.77. The molecule has 0 aromatic carbocycles. The average Bonchev–Trinajstić information content (AvgIpc) is 3.31. The van der Waals surface area contributed by atoms with E-state index >= 15 is 8.78 Å². The lowest BCUT2D eigenvalue weighted by Crippen LogP contribution is -2.44. The number of rotatable bonds is 4. The second-order valence-corrected chi connectivity index (χ2v) is 5.89. The van der Waals surface area contributed by atoms with Crippen LogP contribution in [0.4, 0.5) is 17.6 Å². The Morgan fingerprint density at radius 3 is 2.77 bits per heavy atom. The summed E-state index contributed by atoms with van der Waals surface area (Å²) in [4.78, 5) is 6.83. The zero-order valence-corrected chi connectivity index (χ0v) is 13.8. The van der Waals surface area contributed by atoms with Crippen molar-refractivity contribution in [3.05, 3.63) is 64.8 Å². The van der Waals surface area contributed by atoms with Crippen molar-refractivity contribution in [1.29, 1.82) is 0 Å². The molecule has 0 radical (unpaired) electrons. The molecule has 1 aromatic rings. The van der Waals surface area contributed by atoms with E-state index in [1.807, 2.05) is 0 Å². The Bertz CT molecular complexity index is 895. The highest BCUT2D eigenvalue weighted by Gasteiger charge is 2.50. The summed E-state index contributed by atoms with van der Waals surface area (Å²) in [6.07, 6.45) is 8.61. The van der Waals surface area contributed by atoms with Crippen molar-refractivity contribution in [3.63, 3.8) is 0 Å². The Hall–Kier alpha value is -3.01. The van der Waals surface area contributed by atoms with Gasteiger partial charge in [-0.1, -0.05) is 5.92 Å². The van der Waals surface area contributed by atoms with Crippen LogP contribution in [0.1, 0.15) is 12.6 Å². The smallest absolute Gasteiger partial charge is 0.185 e. The number of halogens is 4. The van der Waals surface area contributed by atoms with E-state index in [1.165, 1.54) is 18.5 Å². The fourth-order valence-corrected chi connectivity index (χ4v) is 2.93. The van der Waals surface area contributed by atoms with Gasteiger partial charge >= 0.3 is 0 Å². The summed E-state index contributed by atoms with van der Waals surface area (Å²) in [5, 5.41) is 2.25. The number of aliphatic imine (C=N–C) groups is 1. The molecule has 3 rings (SSSR count). The molecule has 2 heterocycles. The van der Waals surface area contributed by atoms with Crippen LogP contribution in [0.5, 0.6) is 0 Å². The Balaban J connectivity index is 2.25. The zero-order valence-electron chi connectivity index (χ0n) is 13.8. The van der Waals surface area contributed by atoms with Crippen LogP contribution in [0.15, 0.2) is 64.1 Å². The van der Waals surface area contributed by atoms with Crippen molar-refractivity contribution in [2.24, 2.45) is 4.99 Å². The van der Waals surface area contributed by atoms with Crippen LogP contribution >= 0.6 is 0 Å². The summed E-state index contributed by atoms with van der Waals surface area (Å²) in [6.45, 7) is 0.572. The summed E-state index contributed by atoms with van der Waals surface area (Å²) >= 11 is 0. The molecule has 0 spiro atoms. The van der Waals surface area contributed by atoms with Crippen LogP contribution in [0, 0.1) is 12.3 Å². The maximum atomic E-state index is 15.1. The van der Waals surface area contributed by atoms with Crippen LogP contribution in [-0.4, -0.2) is 29.6 Å². The molecule has 0 saturated heterocycles. The monoisotopic (exact) mass is 361 g/mol. The second-order valence-electron chi connectivity index (χ2n) is 5.89. The van der Waals surface area contributed by atoms with Gasteiger partial charge < -0.3 is 10.3 Å². The lowest BCUT2D eigenvalue weighted by atomic mass is 9.81. The van der Waals surface area contributed by atoms with Gasteiger partial charge in [-0.05, 0) is 31.2 Å². The lowest BCUT2D eigenvalue weighted by Gasteiger charge is -2.34. The normalized spacial score (nSPS) is 27.2. The molecule has 2 aliphatic rings. The molecule has 3 nitrogen and oxygen atoms in total. The maximum Gasteiger partial charge on any atom is 0.185 e. The highest BCUT2D eigenvalue weighted by molar-refractivity contribution is 5.89. The molecular formula is C19H15F4N3. The molecule has 7 heteroatoms. The van der Waals surface area contributed by atoms with Gasteiger partial charge in [0.25, 0.3) is 0 Å². The van der Waals surface area contributed by atoms with Crippen LogP contribution in [0.2, 0.25) is 0 Å². The zero-order chi connectivity index (χ0) is 18.9. The standard InChI is InChI=1S/C19H15F4N3/c1-3-8-26-18-16(21)15(20)14(17(22)19(18,2)23)13(11-6-4-9-24-11)12-7-5-10-25-12/h1,4-7,9-10,17,24,26H,8H2,2H3/b13-12+. The Morgan fingerprint density at radius 1 is 1.42 bits per heavy atom. The van der Waals surface area contributed by atoms with Gasteiger partial charge in [-0.15, -0.1) is 6.42 Å². The largest absolute Gasteiger partial charge is 0.372 e. The number of allylic oxidation sites excluding steroid dienone is 7. The summed E-state index contributed by atoms with van der Waals surface area (Å²) < 4.78 is 59.7. The van der Waals surface area contributed by atoms with E-state index < -0.39 is 34.8 Å². The number of hydrogen-bond acceptors (Lipinski definition) is 2. The third-order valence-corrected chi connectivity index (χ3v) is 4.18. The topological polar surface area (TPSA) is 40.2 Å². The Kier molecular flexibility index (Phi) is 4.60. The minimum absolute atomic E-state index is 0.0416. The van der Waals surface area contributed by atoms with Gasteiger partial charge in [0.05, 0.1) is 17.9 Å². The van der Waals surface area contributed by atoms with E-state index in [9.17, 15) is 8.78 Å². The SMILES string of the molecule is C#CCNC1=C(F)C(F)=C(/C(=C2\C=CC=N2)c2ccc[nH]2)C(F)C1(C)F. The first-order chi connectivity index (χ1) is 12.4. The van der Waals surface area contributed by atoms with Gasteiger partial charge in [0.15, 0.2) is 23.5 Å². The molecule has 2 unspecified atom stereocenters.